The fraction of sp³-hybridized carbons (Fsp3) is 0.800. The Hall–Kier alpha value is 0.220. The van der Waals surface area contributed by atoms with Crippen LogP contribution in [0, 0.1) is 11.3 Å². The maximum atomic E-state index is 2.49. The Kier molecular flexibility index (Phi) is 2.79. The Bertz CT molecular complexity index is 162. The second kappa shape index (κ2) is 3.30. The van der Waals surface area contributed by atoms with Gasteiger partial charge in [-0.15, -0.1) is 17.0 Å². The van der Waals surface area contributed by atoms with Gasteiger partial charge < -0.3 is 0 Å². The molecule has 1 fully saturated rings. The molecule has 0 radical (unpaired) electrons. The molecule has 2 aliphatic carbocycles. The van der Waals surface area contributed by atoms with Crippen LogP contribution in [-0.2, 0) is 0 Å². The molecule has 0 aromatic heterocycles. The van der Waals surface area contributed by atoms with E-state index in [4.69, 9.17) is 0 Å². The van der Waals surface area contributed by atoms with Crippen LogP contribution in [0.25, 0.3) is 0 Å². The molecule has 0 N–H and O–H groups in total. The fourth-order valence-electron chi connectivity index (χ4n) is 2.66. The monoisotopic (exact) mass is 216 g/mol. The molecule has 0 nitrogen and oxygen atoms in total. The van der Waals surface area contributed by atoms with Crippen LogP contribution >= 0.6 is 17.0 Å². The molecule has 11 heavy (non-hydrogen) atoms. The second-order valence-corrected chi connectivity index (χ2v) is 3.97. The minimum absolute atomic E-state index is 0. The van der Waals surface area contributed by atoms with Gasteiger partial charge in [-0.05, 0) is 37.0 Å². The lowest BCUT2D eigenvalue weighted by Crippen LogP contribution is -2.09. The molecule has 2 atom stereocenters. The van der Waals surface area contributed by atoms with E-state index in [-0.39, 0.29) is 17.0 Å². The summed E-state index contributed by atoms with van der Waals surface area (Å²) in [6.07, 6.45) is 12.1. The molecule has 2 rings (SSSR count). The van der Waals surface area contributed by atoms with Crippen LogP contribution < -0.4 is 0 Å². The Balaban J connectivity index is 0.000000605. The van der Waals surface area contributed by atoms with Crippen molar-refractivity contribution < 1.29 is 0 Å². The molecule has 1 heteroatoms. The molecule has 0 saturated heterocycles. The first-order chi connectivity index (χ1) is 4.85. The van der Waals surface area contributed by atoms with Crippen molar-refractivity contribution in [3.8, 4) is 0 Å². The van der Waals surface area contributed by atoms with Crippen LogP contribution in [0.2, 0.25) is 0 Å². The zero-order valence-electron chi connectivity index (χ0n) is 7.18. The van der Waals surface area contributed by atoms with Crippen molar-refractivity contribution >= 4 is 17.0 Å². The Morgan fingerprint density at radius 1 is 1.55 bits per heavy atom. The van der Waals surface area contributed by atoms with Crippen molar-refractivity contribution in [1.82, 2.24) is 0 Å². The van der Waals surface area contributed by atoms with Crippen LogP contribution in [-0.4, -0.2) is 0 Å². The van der Waals surface area contributed by atoms with Gasteiger partial charge in [0.25, 0.3) is 0 Å². The van der Waals surface area contributed by atoms with E-state index in [0.29, 0.717) is 5.41 Å². The molecule has 2 bridgehead atoms. The largest absolute Gasteiger partial charge is 0.114 e. The summed E-state index contributed by atoms with van der Waals surface area (Å²) < 4.78 is 0. The summed E-state index contributed by atoms with van der Waals surface area (Å²) in [5, 5.41) is 0. The predicted octanol–water partition coefficient (Wildman–Crippen LogP) is 3.72. The normalized spacial score (nSPS) is 39.2. The van der Waals surface area contributed by atoms with E-state index in [2.05, 4.69) is 19.1 Å². The molecule has 1 saturated carbocycles. The molecule has 0 amide bonds. The summed E-state index contributed by atoms with van der Waals surface area (Å²) in [6.45, 7) is 2.30. The van der Waals surface area contributed by atoms with E-state index in [1.165, 1.54) is 32.1 Å². The quantitative estimate of drug-likeness (QED) is 0.618. The molecule has 0 heterocycles. The summed E-state index contributed by atoms with van der Waals surface area (Å²) in [5.74, 6) is 0.964. The molecule has 0 aromatic rings. The molecule has 2 unspecified atom stereocenters. The molecular weight excluding hydrogens is 200 g/mol. The van der Waals surface area contributed by atoms with Gasteiger partial charge in [0.1, 0.15) is 0 Å². The number of halogens is 1. The van der Waals surface area contributed by atoms with Crippen molar-refractivity contribution in [3.63, 3.8) is 0 Å². The van der Waals surface area contributed by atoms with Gasteiger partial charge in [-0.25, -0.2) is 0 Å². The van der Waals surface area contributed by atoms with Gasteiger partial charge in [-0.2, -0.15) is 0 Å². The average molecular weight is 217 g/mol. The first-order valence-electron chi connectivity index (χ1n) is 4.54. The third-order valence-corrected chi connectivity index (χ3v) is 3.15. The molecule has 0 aliphatic heterocycles. The summed E-state index contributed by atoms with van der Waals surface area (Å²) >= 11 is 0. The minimum atomic E-state index is 0. The minimum Gasteiger partial charge on any atom is -0.114 e. The van der Waals surface area contributed by atoms with Gasteiger partial charge in [0.15, 0.2) is 0 Å². The van der Waals surface area contributed by atoms with Gasteiger partial charge in [-0.1, -0.05) is 25.5 Å². The maximum Gasteiger partial charge on any atom is -0.0112 e. The standard InChI is InChI=1S/C10H16.BrH/c1-2-5-10-6-3-9(8-10)4-7-10;/h3,6,9H,2,4-5,7-8H2,1H3;1H. The first kappa shape index (κ1) is 9.31. The van der Waals surface area contributed by atoms with Crippen molar-refractivity contribution in [2.75, 3.05) is 0 Å². The van der Waals surface area contributed by atoms with Gasteiger partial charge in [0.05, 0.1) is 0 Å². The van der Waals surface area contributed by atoms with Crippen LogP contribution in [0.3, 0.4) is 0 Å². The van der Waals surface area contributed by atoms with Crippen LogP contribution in [0.15, 0.2) is 12.2 Å². The topological polar surface area (TPSA) is 0 Å². The zero-order valence-corrected chi connectivity index (χ0v) is 8.89. The molecule has 2 aliphatic rings. The fourth-order valence-corrected chi connectivity index (χ4v) is 2.66. The van der Waals surface area contributed by atoms with E-state index < -0.39 is 0 Å². The third-order valence-electron chi connectivity index (χ3n) is 3.15. The molecular formula is C10H17Br. The number of allylic oxidation sites excluding steroid dienone is 2. The smallest absolute Gasteiger partial charge is 0.0112 e. The van der Waals surface area contributed by atoms with E-state index in [1.54, 1.807) is 0 Å². The lowest BCUT2D eigenvalue weighted by atomic mass is 9.83. The highest BCUT2D eigenvalue weighted by molar-refractivity contribution is 8.93. The van der Waals surface area contributed by atoms with Crippen LogP contribution in [0.1, 0.15) is 39.0 Å². The van der Waals surface area contributed by atoms with Gasteiger partial charge in [-0.3, -0.25) is 0 Å². The first-order valence-corrected chi connectivity index (χ1v) is 4.54. The zero-order chi connectivity index (χ0) is 7.03. The Labute approximate surface area is 79.8 Å². The van der Waals surface area contributed by atoms with Gasteiger partial charge >= 0.3 is 0 Å². The summed E-state index contributed by atoms with van der Waals surface area (Å²) in [4.78, 5) is 0. The van der Waals surface area contributed by atoms with Crippen LogP contribution in [0.4, 0.5) is 0 Å². The summed E-state index contributed by atoms with van der Waals surface area (Å²) in [7, 11) is 0. The van der Waals surface area contributed by atoms with E-state index >= 15 is 0 Å². The number of fused-ring (bicyclic) bond motifs is 2. The Morgan fingerprint density at radius 3 is 2.73 bits per heavy atom. The van der Waals surface area contributed by atoms with Crippen molar-refractivity contribution in [1.29, 1.82) is 0 Å². The highest BCUT2D eigenvalue weighted by Crippen LogP contribution is 2.51. The Morgan fingerprint density at radius 2 is 2.36 bits per heavy atom. The number of hydrogen-bond donors (Lipinski definition) is 0. The van der Waals surface area contributed by atoms with Crippen LogP contribution in [0.5, 0.6) is 0 Å². The van der Waals surface area contributed by atoms with E-state index in [0.717, 1.165) is 5.92 Å². The predicted molar refractivity (Wildman–Crippen MR) is 54.1 cm³/mol. The third kappa shape index (κ3) is 1.53. The molecule has 0 aromatic carbocycles. The van der Waals surface area contributed by atoms with Gasteiger partial charge in [0, 0.05) is 0 Å². The summed E-state index contributed by atoms with van der Waals surface area (Å²) in [6, 6.07) is 0. The molecule has 64 valence electrons. The molecule has 0 spiro atoms. The SMILES string of the molecule is Br.CCCC12C=CC(CC1)C2. The summed E-state index contributed by atoms with van der Waals surface area (Å²) in [5.41, 5.74) is 0.680. The van der Waals surface area contributed by atoms with Gasteiger partial charge in [0.2, 0.25) is 0 Å². The maximum absolute atomic E-state index is 2.49. The lowest BCUT2D eigenvalue weighted by Gasteiger charge is -2.21. The van der Waals surface area contributed by atoms with E-state index in [1.807, 2.05) is 0 Å². The lowest BCUT2D eigenvalue weighted by molar-refractivity contribution is 0.366. The second-order valence-electron chi connectivity index (χ2n) is 3.97. The van der Waals surface area contributed by atoms with Crippen molar-refractivity contribution in [3.05, 3.63) is 12.2 Å². The van der Waals surface area contributed by atoms with Crippen molar-refractivity contribution in [2.24, 2.45) is 11.3 Å². The number of rotatable bonds is 2. The highest BCUT2D eigenvalue weighted by atomic mass is 79.9. The van der Waals surface area contributed by atoms with Crippen molar-refractivity contribution in [2.45, 2.75) is 39.0 Å². The van der Waals surface area contributed by atoms with E-state index in [9.17, 15) is 0 Å². The highest BCUT2D eigenvalue weighted by Gasteiger charge is 2.39. The number of hydrogen-bond acceptors (Lipinski definition) is 0. The average Bonchev–Trinajstić information content (AvgIpc) is 2.46.